The van der Waals surface area contributed by atoms with E-state index < -0.39 is 0 Å². The summed E-state index contributed by atoms with van der Waals surface area (Å²) < 4.78 is 0. The second-order valence-electron chi connectivity index (χ2n) is 5.62. The van der Waals surface area contributed by atoms with Gasteiger partial charge in [-0.25, -0.2) is 0 Å². The van der Waals surface area contributed by atoms with Gasteiger partial charge in [-0.2, -0.15) is 0 Å². The quantitative estimate of drug-likeness (QED) is 0.750. The van der Waals surface area contributed by atoms with E-state index in [0.29, 0.717) is 11.7 Å². The summed E-state index contributed by atoms with van der Waals surface area (Å²) in [6, 6.07) is 10.5. The molecule has 0 radical (unpaired) electrons. The number of carbonyl (C=O) groups excluding carboxylic acids is 1. The standard InChI is InChI=1S/C17H24O/c1-2-6-15-10-12-17(18)16(13-15)11-9-14-7-4-3-5-8-14/h3-5,7-8,15-16H,2,6,9-13H2,1H3. The summed E-state index contributed by atoms with van der Waals surface area (Å²) in [7, 11) is 0. The number of benzene rings is 1. The second-order valence-corrected chi connectivity index (χ2v) is 5.62. The first-order valence-electron chi connectivity index (χ1n) is 7.36. The Balaban J connectivity index is 1.85. The molecule has 0 amide bonds. The summed E-state index contributed by atoms with van der Waals surface area (Å²) in [5, 5.41) is 0. The Hall–Kier alpha value is -1.11. The van der Waals surface area contributed by atoms with E-state index in [-0.39, 0.29) is 0 Å². The maximum absolute atomic E-state index is 12.0. The molecule has 1 fully saturated rings. The summed E-state index contributed by atoms with van der Waals surface area (Å²) >= 11 is 0. The van der Waals surface area contributed by atoms with E-state index in [1.165, 1.54) is 18.4 Å². The Morgan fingerprint density at radius 2 is 1.94 bits per heavy atom. The SMILES string of the molecule is CCCC1CCC(=O)C(CCc2ccccc2)C1. The predicted octanol–water partition coefficient (Wildman–Crippen LogP) is 4.40. The van der Waals surface area contributed by atoms with Crippen LogP contribution in [0.4, 0.5) is 0 Å². The second kappa shape index (κ2) is 6.72. The molecule has 1 heteroatoms. The molecule has 0 heterocycles. The summed E-state index contributed by atoms with van der Waals surface area (Å²) in [5.41, 5.74) is 1.36. The number of hydrogen-bond acceptors (Lipinski definition) is 1. The molecular weight excluding hydrogens is 220 g/mol. The van der Waals surface area contributed by atoms with Gasteiger partial charge in [-0.15, -0.1) is 0 Å². The average molecular weight is 244 g/mol. The summed E-state index contributed by atoms with van der Waals surface area (Å²) in [6.45, 7) is 2.25. The van der Waals surface area contributed by atoms with Gasteiger partial charge < -0.3 is 0 Å². The zero-order chi connectivity index (χ0) is 12.8. The maximum Gasteiger partial charge on any atom is 0.136 e. The van der Waals surface area contributed by atoms with E-state index >= 15 is 0 Å². The molecule has 98 valence electrons. The Labute approximate surface area is 111 Å². The van der Waals surface area contributed by atoms with Gasteiger partial charge in [0.05, 0.1) is 0 Å². The van der Waals surface area contributed by atoms with Crippen LogP contribution in [-0.2, 0) is 11.2 Å². The largest absolute Gasteiger partial charge is 0.299 e. The third-order valence-corrected chi connectivity index (χ3v) is 4.19. The molecule has 0 spiro atoms. The zero-order valence-corrected chi connectivity index (χ0v) is 11.4. The number of aryl methyl sites for hydroxylation is 1. The van der Waals surface area contributed by atoms with Crippen molar-refractivity contribution in [1.29, 1.82) is 0 Å². The highest BCUT2D eigenvalue weighted by molar-refractivity contribution is 5.81. The molecule has 0 bridgehead atoms. The molecule has 2 rings (SSSR count). The third-order valence-electron chi connectivity index (χ3n) is 4.19. The van der Waals surface area contributed by atoms with Crippen LogP contribution in [0.1, 0.15) is 51.0 Å². The van der Waals surface area contributed by atoms with E-state index in [1.54, 1.807) is 0 Å². The highest BCUT2D eigenvalue weighted by atomic mass is 16.1. The lowest BCUT2D eigenvalue weighted by atomic mass is 9.76. The van der Waals surface area contributed by atoms with Gasteiger partial charge >= 0.3 is 0 Å². The number of carbonyl (C=O) groups is 1. The fourth-order valence-corrected chi connectivity index (χ4v) is 3.14. The van der Waals surface area contributed by atoms with E-state index in [4.69, 9.17) is 0 Å². The zero-order valence-electron chi connectivity index (χ0n) is 11.4. The molecule has 2 unspecified atom stereocenters. The lowest BCUT2D eigenvalue weighted by Crippen LogP contribution is -2.25. The van der Waals surface area contributed by atoms with Gasteiger partial charge in [0.25, 0.3) is 0 Å². The number of rotatable bonds is 5. The van der Waals surface area contributed by atoms with Crippen LogP contribution < -0.4 is 0 Å². The first-order valence-corrected chi connectivity index (χ1v) is 7.36. The predicted molar refractivity (Wildman–Crippen MR) is 75.5 cm³/mol. The summed E-state index contributed by atoms with van der Waals surface area (Å²) in [4.78, 5) is 12.0. The van der Waals surface area contributed by atoms with Gasteiger partial charge in [0.2, 0.25) is 0 Å². The lowest BCUT2D eigenvalue weighted by molar-refractivity contribution is -0.125. The van der Waals surface area contributed by atoms with Gasteiger partial charge in [-0.3, -0.25) is 4.79 Å². The Morgan fingerprint density at radius 3 is 2.67 bits per heavy atom. The van der Waals surface area contributed by atoms with Crippen molar-refractivity contribution in [3.8, 4) is 0 Å². The molecule has 1 aliphatic rings. The molecule has 18 heavy (non-hydrogen) atoms. The van der Waals surface area contributed by atoms with Gasteiger partial charge in [0, 0.05) is 12.3 Å². The average Bonchev–Trinajstić information content (AvgIpc) is 2.41. The van der Waals surface area contributed by atoms with E-state index in [0.717, 1.165) is 38.0 Å². The summed E-state index contributed by atoms with van der Waals surface area (Å²) in [5.74, 6) is 1.64. The van der Waals surface area contributed by atoms with E-state index in [1.807, 2.05) is 6.07 Å². The smallest absolute Gasteiger partial charge is 0.136 e. The van der Waals surface area contributed by atoms with Crippen molar-refractivity contribution >= 4 is 5.78 Å². The van der Waals surface area contributed by atoms with Crippen LogP contribution in [0.2, 0.25) is 0 Å². The molecule has 1 aromatic carbocycles. The minimum atomic E-state index is 0.329. The minimum absolute atomic E-state index is 0.329. The molecule has 1 nitrogen and oxygen atoms in total. The number of ketones is 1. The van der Waals surface area contributed by atoms with Crippen LogP contribution in [0, 0.1) is 11.8 Å². The Kier molecular flexibility index (Phi) is 4.98. The van der Waals surface area contributed by atoms with Crippen LogP contribution in [0.25, 0.3) is 0 Å². The van der Waals surface area contributed by atoms with Crippen molar-refractivity contribution < 1.29 is 4.79 Å². The van der Waals surface area contributed by atoms with Gasteiger partial charge in [0.15, 0.2) is 0 Å². The molecular formula is C17H24O. The lowest BCUT2D eigenvalue weighted by Gasteiger charge is -2.28. The first-order chi connectivity index (χ1) is 8.79. The first kappa shape index (κ1) is 13.3. The van der Waals surface area contributed by atoms with Crippen LogP contribution in [0.15, 0.2) is 30.3 Å². The molecule has 2 atom stereocenters. The van der Waals surface area contributed by atoms with E-state index in [2.05, 4.69) is 31.2 Å². The van der Waals surface area contributed by atoms with Crippen LogP contribution in [-0.4, -0.2) is 5.78 Å². The van der Waals surface area contributed by atoms with Crippen molar-refractivity contribution in [2.45, 2.75) is 51.9 Å². The van der Waals surface area contributed by atoms with Crippen molar-refractivity contribution in [3.05, 3.63) is 35.9 Å². The van der Waals surface area contributed by atoms with Crippen molar-refractivity contribution in [3.63, 3.8) is 0 Å². The number of Topliss-reactive ketones (excluding diaryl/α,β-unsaturated/α-hetero) is 1. The maximum atomic E-state index is 12.0. The van der Waals surface area contributed by atoms with Gasteiger partial charge in [0.1, 0.15) is 5.78 Å². The van der Waals surface area contributed by atoms with Crippen LogP contribution in [0.3, 0.4) is 0 Å². The molecule has 0 N–H and O–H groups in total. The van der Waals surface area contributed by atoms with Gasteiger partial charge in [-0.1, -0.05) is 50.1 Å². The Morgan fingerprint density at radius 1 is 1.17 bits per heavy atom. The fraction of sp³-hybridized carbons (Fsp3) is 0.588. The summed E-state index contributed by atoms with van der Waals surface area (Å²) in [6.07, 6.45) is 7.75. The molecule has 1 saturated carbocycles. The molecule has 0 saturated heterocycles. The normalized spacial score (nSPS) is 24.2. The van der Waals surface area contributed by atoms with Crippen molar-refractivity contribution in [2.75, 3.05) is 0 Å². The van der Waals surface area contributed by atoms with Crippen LogP contribution >= 0.6 is 0 Å². The molecule has 0 aromatic heterocycles. The van der Waals surface area contributed by atoms with Crippen molar-refractivity contribution in [2.24, 2.45) is 11.8 Å². The molecule has 1 aliphatic carbocycles. The molecule has 1 aromatic rings. The molecule has 0 aliphatic heterocycles. The van der Waals surface area contributed by atoms with Gasteiger partial charge in [-0.05, 0) is 37.2 Å². The topological polar surface area (TPSA) is 17.1 Å². The third kappa shape index (κ3) is 3.69. The van der Waals surface area contributed by atoms with Crippen molar-refractivity contribution in [1.82, 2.24) is 0 Å². The minimum Gasteiger partial charge on any atom is -0.299 e. The Bertz CT molecular complexity index is 368. The van der Waals surface area contributed by atoms with Crippen LogP contribution in [0.5, 0.6) is 0 Å². The fourth-order valence-electron chi connectivity index (χ4n) is 3.14. The van der Waals surface area contributed by atoms with E-state index in [9.17, 15) is 4.79 Å². The highest BCUT2D eigenvalue weighted by Gasteiger charge is 2.27. The number of hydrogen-bond donors (Lipinski definition) is 0. The highest BCUT2D eigenvalue weighted by Crippen LogP contribution is 2.32. The monoisotopic (exact) mass is 244 g/mol.